The van der Waals surface area contributed by atoms with Crippen molar-refractivity contribution in [1.29, 1.82) is 5.26 Å². The molecule has 32 heavy (non-hydrogen) atoms. The van der Waals surface area contributed by atoms with Gasteiger partial charge in [-0.1, -0.05) is 25.7 Å². The largest absolute Gasteiger partial charge is 0.467 e. The van der Waals surface area contributed by atoms with Crippen molar-refractivity contribution in [1.82, 2.24) is 15.2 Å². The lowest BCUT2D eigenvalue weighted by Crippen LogP contribution is -2.38. The van der Waals surface area contributed by atoms with Crippen LogP contribution in [0.2, 0.25) is 0 Å². The van der Waals surface area contributed by atoms with Crippen LogP contribution in [-0.2, 0) is 11.3 Å². The fourth-order valence-electron chi connectivity index (χ4n) is 4.02. The van der Waals surface area contributed by atoms with E-state index >= 15 is 0 Å². The van der Waals surface area contributed by atoms with E-state index in [4.69, 9.17) is 9.68 Å². The van der Waals surface area contributed by atoms with E-state index in [1.54, 1.807) is 18.7 Å². The number of carbonyl (C=O) groups excluding carboxylic acids is 1. The average Bonchev–Trinajstić information content (AvgIpc) is 3.52. The summed E-state index contributed by atoms with van der Waals surface area (Å²) >= 11 is 0. The molecule has 170 valence electrons. The molecule has 0 radical (unpaired) electrons. The van der Waals surface area contributed by atoms with Crippen molar-refractivity contribution < 1.29 is 9.21 Å². The summed E-state index contributed by atoms with van der Waals surface area (Å²) in [6.45, 7) is 1.19. The number of unbranched alkanes of at least 4 members (excludes halogenated alkanes) is 3. The second-order valence-electron chi connectivity index (χ2n) is 8.03. The number of anilines is 1. The highest BCUT2D eigenvalue weighted by Crippen LogP contribution is 2.26. The molecule has 0 bridgehead atoms. The van der Waals surface area contributed by atoms with Crippen LogP contribution in [0, 0.1) is 11.5 Å². The number of nitrogens with one attached hydrogen (secondary N) is 2. The third-order valence-electron chi connectivity index (χ3n) is 5.68. The van der Waals surface area contributed by atoms with Crippen LogP contribution in [-0.4, -0.2) is 34.3 Å². The standard InChI is InChI=1S/C24H32N6O2/c25-19-28-24(29-20-12-15-26-16-13-20)27-14-6-2-1-3-11-23(31)30(21-8-4-5-9-21)18-22-10-7-17-32-22/h7,10,12-13,15-17,21H,1-6,8-9,11,14,18H2,(H2,26,27,28,29). The van der Waals surface area contributed by atoms with E-state index in [9.17, 15) is 4.79 Å². The van der Waals surface area contributed by atoms with E-state index in [1.807, 2.05) is 35.4 Å². The minimum absolute atomic E-state index is 0.230. The van der Waals surface area contributed by atoms with E-state index < -0.39 is 0 Å². The number of rotatable bonds is 11. The maximum atomic E-state index is 12.9. The molecule has 1 amide bonds. The minimum Gasteiger partial charge on any atom is -0.467 e. The SMILES string of the molecule is N#CNC(=NCCCCCCC(=O)N(Cc1ccco1)C1CCCC1)Nc1ccncc1. The maximum Gasteiger partial charge on any atom is 0.223 e. The monoisotopic (exact) mass is 436 g/mol. The van der Waals surface area contributed by atoms with E-state index in [2.05, 4.69) is 20.6 Å². The van der Waals surface area contributed by atoms with Gasteiger partial charge in [-0.05, 0) is 49.9 Å². The number of pyridine rings is 1. The van der Waals surface area contributed by atoms with Crippen LogP contribution in [0.4, 0.5) is 5.69 Å². The average molecular weight is 437 g/mol. The van der Waals surface area contributed by atoms with Gasteiger partial charge in [-0.2, -0.15) is 5.26 Å². The summed E-state index contributed by atoms with van der Waals surface area (Å²) in [6, 6.07) is 7.79. The quantitative estimate of drug-likeness (QED) is 0.177. The fraction of sp³-hybridized carbons (Fsp3) is 0.500. The predicted molar refractivity (Wildman–Crippen MR) is 124 cm³/mol. The summed E-state index contributed by atoms with van der Waals surface area (Å²) in [5.74, 6) is 1.51. The lowest BCUT2D eigenvalue weighted by atomic mass is 10.1. The molecular formula is C24H32N6O2. The van der Waals surface area contributed by atoms with Gasteiger partial charge in [0.1, 0.15) is 5.76 Å². The van der Waals surface area contributed by atoms with Gasteiger partial charge >= 0.3 is 0 Å². The summed E-state index contributed by atoms with van der Waals surface area (Å²) in [4.78, 5) is 23.3. The lowest BCUT2D eigenvalue weighted by Gasteiger charge is -2.28. The normalized spacial score (nSPS) is 14.2. The van der Waals surface area contributed by atoms with Crippen LogP contribution in [0.3, 0.4) is 0 Å². The highest BCUT2D eigenvalue weighted by molar-refractivity contribution is 5.94. The molecule has 0 saturated heterocycles. The highest BCUT2D eigenvalue weighted by Gasteiger charge is 2.26. The first-order chi connectivity index (χ1) is 15.8. The number of hydrogen-bond acceptors (Lipinski definition) is 5. The molecule has 8 nitrogen and oxygen atoms in total. The molecule has 2 aromatic rings. The van der Waals surface area contributed by atoms with E-state index in [-0.39, 0.29) is 5.91 Å². The Kier molecular flexibility index (Phi) is 9.59. The number of carbonyl (C=O) groups is 1. The van der Waals surface area contributed by atoms with Gasteiger partial charge < -0.3 is 14.6 Å². The smallest absolute Gasteiger partial charge is 0.223 e. The van der Waals surface area contributed by atoms with Crippen molar-refractivity contribution >= 4 is 17.6 Å². The number of amides is 1. The van der Waals surface area contributed by atoms with Crippen molar-refractivity contribution in [3.05, 3.63) is 48.7 Å². The van der Waals surface area contributed by atoms with Gasteiger partial charge in [-0.15, -0.1) is 0 Å². The Morgan fingerprint density at radius 2 is 1.97 bits per heavy atom. The van der Waals surface area contributed by atoms with Gasteiger partial charge in [0.15, 0.2) is 6.19 Å². The molecule has 0 unspecified atom stereocenters. The van der Waals surface area contributed by atoms with Crippen LogP contribution in [0.1, 0.15) is 63.5 Å². The summed E-state index contributed by atoms with van der Waals surface area (Å²) in [5, 5.41) is 14.6. The van der Waals surface area contributed by atoms with Gasteiger partial charge in [0.2, 0.25) is 11.9 Å². The number of aromatic nitrogens is 1. The van der Waals surface area contributed by atoms with Crippen LogP contribution in [0.15, 0.2) is 52.3 Å². The van der Waals surface area contributed by atoms with Gasteiger partial charge in [-0.25, -0.2) is 0 Å². The number of furan rings is 1. The molecular weight excluding hydrogens is 404 g/mol. The Hall–Kier alpha value is -3.34. The predicted octanol–water partition coefficient (Wildman–Crippen LogP) is 4.44. The van der Waals surface area contributed by atoms with Crippen LogP contribution >= 0.6 is 0 Å². The summed E-state index contributed by atoms with van der Waals surface area (Å²) in [5.41, 5.74) is 0.821. The number of aliphatic imine (C=N–C) groups is 1. The second kappa shape index (κ2) is 13.2. The van der Waals surface area contributed by atoms with Crippen molar-refractivity contribution in [2.24, 2.45) is 4.99 Å². The zero-order chi connectivity index (χ0) is 22.4. The van der Waals surface area contributed by atoms with Gasteiger partial charge in [0.25, 0.3) is 0 Å². The second-order valence-corrected chi connectivity index (χ2v) is 8.03. The number of hydrogen-bond donors (Lipinski definition) is 2. The molecule has 1 fully saturated rings. The van der Waals surface area contributed by atoms with Crippen molar-refractivity contribution in [2.45, 2.75) is 70.4 Å². The molecule has 0 aromatic carbocycles. The van der Waals surface area contributed by atoms with E-state index in [1.165, 1.54) is 12.8 Å². The molecule has 0 aliphatic heterocycles. The molecule has 0 atom stereocenters. The molecule has 8 heteroatoms. The number of nitriles is 1. The van der Waals surface area contributed by atoms with Gasteiger partial charge in [0.05, 0.1) is 12.8 Å². The fourth-order valence-corrected chi connectivity index (χ4v) is 4.02. The van der Waals surface area contributed by atoms with Crippen LogP contribution in [0.25, 0.3) is 0 Å². The van der Waals surface area contributed by atoms with E-state index in [0.29, 0.717) is 31.5 Å². The molecule has 2 N–H and O–H groups in total. The molecule has 0 spiro atoms. The Morgan fingerprint density at radius 3 is 2.69 bits per heavy atom. The van der Waals surface area contributed by atoms with Crippen LogP contribution < -0.4 is 10.6 Å². The molecule has 3 rings (SSSR count). The first kappa shape index (κ1) is 23.3. The van der Waals surface area contributed by atoms with Crippen molar-refractivity contribution in [3.63, 3.8) is 0 Å². The minimum atomic E-state index is 0.230. The Labute approximate surface area is 189 Å². The van der Waals surface area contributed by atoms with Gasteiger partial charge in [-0.3, -0.25) is 20.1 Å². The molecule has 2 heterocycles. The van der Waals surface area contributed by atoms with Crippen molar-refractivity contribution in [3.8, 4) is 6.19 Å². The molecule has 2 aromatic heterocycles. The van der Waals surface area contributed by atoms with Gasteiger partial charge in [0, 0.05) is 37.1 Å². The third-order valence-corrected chi connectivity index (χ3v) is 5.68. The zero-order valence-electron chi connectivity index (χ0n) is 18.5. The Balaban J connectivity index is 1.36. The lowest BCUT2D eigenvalue weighted by molar-refractivity contribution is -0.134. The summed E-state index contributed by atoms with van der Waals surface area (Å²) in [6.07, 6.45) is 15.8. The number of guanidine groups is 1. The van der Waals surface area contributed by atoms with Crippen LogP contribution in [0.5, 0.6) is 0 Å². The third kappa shape index (κ3) is 7.73. The topological polar surface area (TPSA) is 107 Å². The Morgan fingerprint density at radius 1 is 1.19 bits per heavy atom. The van der Waals surface area contributed by atoms with Crippen molar-refractivity contribution in [2.75, 3.05) is 11.9 Å². The maximum absolute atomic E-state index is 12.9. The first-order valence-corrected chi connectivity index (χ1v) is 11.4. The zero-order valence-corrected chi connectivity index (χ0v) is 18.5. The summed E-state index contributed by atoms with van der Waals surface area (Å²) in [7, 11) is 0. The Bertz CT molecular complexity index is 870. The van der Waals surface area contributed by atoms with E-state index in [0.717, 1.165) is 50.0 Å². The summed E-state index contributed by atoms with van der Waals surface area (Å²) < 4.78 is 5.48. The highest BCUT2D eigenvalue weighted by atomic mass is 16.3. The molecule has 1 aliphatic carbocycles. The number of nitrogens with zero attached hydrogens (tertiary/aromatic N) is 4. The molecule has 1 saturated carbocycles. The first-order valence-electron chi connectivity index (χ1n) is 11.4. The molecule has 1 aliphatic rings.